The van der Waals surface area contributed by atoms with Gasteiger partial charge in [0.15, 0.2) is 0 Å². The van der Waals surface area contributed by atoms with E-state index in [1.54, 1.807) is 18.6 Å². The van der Waals surface area contributed by atoms with E-state index in [0.29, 0.717) is 6.42 Å². The van der Waals surface area contributed by atoms with Gasteiger partial charge in [-0.05, 0) is 18.2 Å². The molecule has 0 bridgehead atoms. The van der Waals surface area contributed by atoms with Crippen LogP contribution in [0.5, 0.6) is 0 Å². The second kappa shape index (κ2) is 5.21. The van der Waals surface area contributed by atoms with Gasteiger partial charge in [-0.3, -0.25) is 9.97 Å². The van der Waals surface area contributed by atoms with E-state index in [-0.39, 0.29) is 0 Å². The second-order valence-electron chi connectivity index (χ2n) is 3.58. The smallest absolute Gasteiger partial charge is 0.124 e. The predicted molar refractivity (Wildman–Crippen MR) is 66.8 cm³/mol. The average Bonchev–Trinajstić information content (AvgIpc) is 2.40. The maximum atomic E-state index is 10.5. The lowest BCUT2D eigenvalue weighted by Crippen LogP contribution is -1.98. The molecule has 0 atom stereocenters. The van der Waals surface area contributed by atoms with Crippen molar-refractivity contribution >= 4 is 12.0 Å². The summed E-state index contributed by atoms with van der Waals surface area (Å²) in [6.45, 7) is 0. The standard InChI is InChI=1S/C13H13N3O/c1-14-12-8-13(10-2-5-15-6-3-10)16-9-11(12)4-7-17/h2-3,5-9H,4H2,1H3,(H,14,16). The van der Waals surface area contributed by atoms with Gasteiger partial charge in [0.1, 0.15) is 6.29 Å². The van der Waals surface area contributed by atoms with E-state index in [2.05, 4.69) is 15.3 Å². The molecule has 0 saturated carbocycles. The van der Waals surface area contributed by atoms with Crippen LogP contribution in [-0.4, -0.2) is 23.3 Å². The van der Waals surface area contributed by atoms with Gasteiger partial charge in [-0.1, -0.05) is 0 Å². The van der Waals surface area contributed by atoms with Crippen LogP contribution in [0.4, 0.5) is 5.69 Å². The number of carbonyl (C=O) groups is 1. The molecule has 2 aromatic heterocycles. The highest BCUT2D eigenvalue weighted by Gasteiger charge is 2.05. The van der Waals surface area contributed by atoms with Crippen molar-refractivity contribution in [3.8, 4) is 11.3 Å². The SMILES string of the molecule is CNc1cc(-c2ccncc2)ncc1CC=O. The van der Waals surface area contributed by atoms with E-state index >= 15 is 0 Å². The molecule has 0 aromatic carbocycles. The first-order valence-electron chi connectivity index (χ1n) is 5.36. The Kier molecular flexibility index (Phi) is 3.45. The highest BCUT2D eigenvalue weighted by atomic mass is 16.1. The number of hydrogen-bond donors (Lipinski definition) is 1. The summed E-state index contributed by atoms with van der Waals surface area (Å²) < 4.78 is 0. The molecule has 0 fully saturated rings. The lowest BCUT2D eigenvalue weighted by molar-refractivity contribution is -0.107. The van der Waals surface area contributed by atoms with E-state index in [9.17, 15) is 4.79 Å². The van der Waals surface area contributed by atoms with Crippen LogP contribution in [0, 0.1) is 0 Å². The molecule has 0 spiro atoms. The van der Waals surface area contributed by atoms with Crippen LogP contribution in [0.1, 0.15) is 5.56 Å². The third-order valence-electron chi connectivity index (χ3n) is 2.54. The van der Waals surface area contributed by atoms with Gasteiger partial charge in [0.2, 0.25) is 0 Å². The minimum Gasteiger partial charge on any atom is -0.388 e. The zero-order chi connectivity index (χ0) is 12.1. The molecule has 0 saturated heterocycles. The molecule has 17 heavy (non-hydrogen) atoms. The number of aromatic nitrogens is 2. The summed E-state index contributed by atoms with van der Waals surface area (Å²) in [5.74, 6) is 0. The summed E-state index contributed by atoms with van der Waals surface area (Å²) in [4.78, 5) is 18.9. The van der Waals surface area contributed by atoms with Gasteiger partial charge in [-0.2, -0.15) is 0 Å². The fourth-order valence-corrected chi connectivity index (χ4v) is 1.65. The fraction of sp³-hybridized carbons (Fsp3) is 0.154. The topological polar surface area (TPSA) is 54.9 Å². The molecule has 0 aliphatic carbocycles. The van der Waals surface area contributed by atoms with Crippen molar-refractivity contribution in [3.63, 3.8) is 0 Å². The number of anilines is 1. The van der Waals surface area contributed by atoms with Crippen LogP contribution in [-0.2, 0) is 11.2 Å². The Hall–Kier alpha value is -2.23. The first kappa shape index (κ1) is 11.3. The van der Waals surface area contributed by atoms with E-state index in [1.807, 2.05) is 25.2 Å². The Labute approximate surface area is 99.7 Å². The molecule has 0 aliphatic heterocycles. The van der Waals surface area contributed by atoms with Crippen molar-refractivity contribution in [3.05, 3.63) is 42.4 Å². The number of rotatable bonds is 4. The summed E-state index contributed by atoms with van der Waals surface area (Å²) in [7, 11) is 1.83. The van der Waals surface area contributed by atoms with Crippen LogP contribution in [0.15, 0.2) is 36.8 Å². The monoisotopic (exact) mass is 227 g/mol. The Morgan fingerprint density at radius 2 is 2.12 bits per heavy atom. The third-order valence-corrected chi connectivity index (χ3v) is 2.54. The molecule has 1 N–H and O–H groups in total. The molecule has 86 valence electrons. The quantitative estimate of drug-likeness (QED) is 0.811. The van der Waals surface area contributed by atoms with Gasteiger partial charge < -0.3 is 10.1 Å². The molecule has 0 aliphatic rings. The number of pyridine rings is 2. The maximum absolute atomic E-state index is 10.5. The lowest BCUT2D eigenvalue weighted by Gasteiger charge is -2.08. The van der Waals surface area contributed by atoms with Crippen LogP contribution in [0.2, 0.25) is 0 Å². The van der Waals surface area contributed by atoms with E-state index in [1.165, 1.54) is 0 Å². The molecule has 0 unspecified atom stereocenters. The summed E-state index contributed by atoms with van der Waals surface area (Å²) in [5.41, 5.74) is 3.71. The van der Waals surface area contributed by atoms with E-state index in [4.69, 9.17) is 0 Å². The zero-order valence-electron chi connectivity index (χ0n) is 9.55. The number of nitrogens with one attached hydrogen (secondary N) is 1. The Morgan fingerprint density at radius 3 is 2.76 bits per heavy atom. The largest absolute Gasteiger partial charge is 0.388 e. The predicted octanol–water partition coefficient (Wildman–Crippen LogP) is 1.93. The molecule has 4 heteroatoms. The highest BCUT2D eigenvalue weighted by molar-refractivity contribution is 5.68. The van der Waals surface area contributed by atoms with Gasteiger partial charge in [-0.25, -0.2) is 0 Å². The Balaban J connectivity index is 2.41. The highest BCUT2D eigenvalue weighted by Crippen LogP contribution is 2.22. The maximum Gasteiger partial charge on any atom is 0.124 e. The second-order valence-corrected chi connectivity index (χ2v) is 3.58. The molecule has 2 heterocycles. The van der Waals surface area contributed by atoms with Crippen molar-refractivity contribution in [2.24, 2.45) is 0 Å². The first-order chi connectivity index (χ1) is 8.35. The fourth-order valence-electron chi connectivity index (χ4n) is 1.65. The van der Waals surface area contributed by atoms with Crippen LogP contribution < -0.4 is 5.32 Å². The third kappa shape index (κ3) is 2.47. The average molecular weight is 227 g/mol. The van der Waals surface area contributed by atoms with Gasteiger partial charge in [0.05, 0.1) is 5.69 Å². The minimum atomic E-state index is 0.375. The molecule has 0 amide bonds. The molecule has 2 aromatic rings. The van der Waals surface area contributed by atoms with Crippen LogP contribution in [0.25, 0.3) is 11.3 Å². The summed E-state index contributed by atoms with van der Waals surface area (Å²) >= 11 is 0. The van der Waals surface area contributed by atoms with Crippen molar-refractivity contribution in [2.45, 2.75) is 6.42 Å². The number of hydrogen-bond acceptors (Lipinski definition) is 4. The molecule has 4 nitrogen and oxygen atoms in total. The van der Waals surface area contributed by atoms with Gasteiger partial charge >= 0.3 is 0 Å². The van der Waals surface area contributed by atoms with Crippen molar-refractivity contribution in [1.82, 2.24) is 9.97 Å². The molecule has 2 rings (SSSR count). The van der Waals surface area contributed by atoms with Gasteiger partial charge in [0, 0.05) is 48.9 Å². The lowest BCUT2D eigenvalue weighted by atomic mass is 10.1. The normalized spacial score (nSPS) is 9.94. The number of nitrogens with zero attached hydrogens (tertiary/aromatic N) is 2. The molecular weight excluding hydrogens is 214 g/mol. The summed E-state index contributed by atoms with van der Waals surface area (Å²) in [6.07, 6.45) is 6.45. The first-order valence-corrected chi connectivity index (χ1v) is 5.36. The van der Waals surface area contributed by atoms with Gasteiger partial charge in [0.25, 0.3) is 0 Å². The van der Waals surface area contributed by atoms with Crippen LogP contribution >= 0.6 is 0 Å². The van der Waals surface area contributed by atoms with Crippen LogP contribution in [0.3, 0.4) is 0 Å². The van der Waals surface area contributed by atoms with E-state index in [0.717, 1.165) is 28.8 Å². The minimum absolute atomic E-state index is 0.375. The number of carbonyl (C=O) groups excluding carboxylic acids is 1. The van der Waals surface area contributed by atoms with Crippen molar-refractivity contribution in [2.75, 3.05) is 12.4 Å². The number of aldehydes is 1. The Bertz CT molecular complexity index is 511. The summed E-state index contributed by atoms with van der Waals surface area (Å²) in [6, 6.07) is 5.75. The molecular formula is C13H13N3O. The zero-order valence-corrected chi connectivity index (χ0v) is 9.55. The van der Waals surface area contributed by atoms with E-state index < -0.39 is 0 Å². The molecule has 0 radical (unpaired) electrons. The van der Waals surface area contributed by atoms with Crippen molar-refractivity contribution < 1.29 is 4.79 Å². The van der Waals surface area contributed by atoms with Crippen molar-refractivity contribution in [1.29, 1.82) is 0 Å². The Morgan fingerprint density at radius 1 is 1.35 bits per heavy atom. The van der Waals surface area contributed by atoms with Gasteiger partial charge in [-0.15, -0.1) is 0 Å². The summed E-state index contributed by atoms with van der Waals surface area (Å²) in [5, 5.41) is 3.08.